The van der Waals surface area contributed by atoms with E-state index >= 15 is 0 Å². The summed E-state index contributed by atoms with van der Waals surface area (Å²) in [4.78, 5) is 0. The van der Waals surface area contributed by atoms with Crippen molar-refractivity contribution >= 4 is 11.8 Å². The molecule has 0 aromatic carbocycles. The van der Waals surface area contributed by atoms with Gasteiger partial charge in [0, 0.05) is 5.25 Å². The molecule has 2 rings (SSSR count). The molecule has 0 N–H and O–H groups in total. The lowest BCUT2D eigenvalue weighted by molar-refractivity contribution is 0.178. The predicted octanol–water partition coefficient (Wildman–Crippen LogP) is 4.02. The molecule has 0 nitrogen and oxygen atoms in total. The van der Waals surface area contributed by atoms with Gasteiger partial charge in [0.1, 0.15) is 0 Å². The first-order valence-corrected chi connectivity index (χ1v) is 6.86. The summed E-state index contributed by atoms with van der Waals surface area (Å²) in [5, 5.41) is 0.821. The predicted molar refractivity (Wildman–Crippen MR) is 61.2 cm³/mol. The number of thioether (sulfide) groups is 1. The van der Waals surface area contributed by atoms with E-state index in [4.69, 9.17) is 0 Å². The molecule has 1 saturated carbocycles. The fourth-order valence-corrected chi connectivity index (χ4v) is 4.18. The largest absolute Gasteiger partial charge is 0.157 e. The Bertz CT molecular complexity index is 189. The van der Waals surface area contributed by atoms with Crippen LogP contribution >= 0.6 is 11.8 Å². The molecule has 1 fully saturated rings. The van der Waals surface area contributed by atoms with Crippen LogP contribution in [0.2, 0.25) is 0 Å². The zero-order chi connectivity index (χ0) is 9.15. The fourth-order valence-electron chi connectivity index (χ4n) is 3.06. The molecular weight excluding hydrogens is 176 g/mol. The van der Waals surface area contributed by atoms with Crippen LogP contribution in [0.4, 0.5) is 0 Å². The van der Waals surface area contributed by atoms with Crippen LogP contribution in [-0.2, 0) is 0 Å². The van der Waals surface area contributed by atoms with Crippen LogP contribution < -0.4 is 0 Å². The molecule has 1 spiro atoms. The average Bonchev–Trinajstić information content (AvgIpc) is 2.20. The molecule has 0 amide bonds. The van der Waals surface area contributed by atoms with Crippen molar-refractivity contribution in [2.24, 2.45) is 5.41 Å². The van der Waals surface area contributed by atoms with E-state index in [2.05, 4.69) is 30.2 Å². The van der Waals surface area contributed by atoms with E-state index in [9.17, 15) is 0 Å². The molecule has 0 bridgehead atoms. The maximum Gasteiger partial charge on any atom is 0.0280 e. The van der Waals surface area contributed by atoms with E-state index in [1.54, 1.807) is 0 Å². The van der Waals surface area contributed by atoms with E-state index in [1.165, 1.54) is 44.9 Å². The van der Waals surface area contributed by atoms with E-state index in [0.717, 1.165) is 5.25 Å². The molecule has 0 aromatic heterocycles. The molecule has 1 heteroatoms. The van der Waals surface area contributed by atoms with E-state index in [0.29, 0.717) is 5.41 Å². The number of rotatable bonds is 1. The Labute approximate surface area is 86.2 Å². The van der Waals surface area contributed by atoms with Gasteiger partial charge in [0.25, 0.3) is 0 Å². The summed E-state index contributed by atoms with van der Waals surface area (Å²) in [6, 6.07) is 0. The van der Waals surface area contributed by atoms with Gasteiger partial charge in [0.15, 0.2) is 0 Å². The SMILES string of the molecule is CSC1C=CCCC12CCCCC2. The Morgan fingerprint density at radius 2 is 1.92 bits per heavy atom. The summed E-state index contributed by atoms with van der Waals surface area (Å²) in [5.41, 5.74) is 0.701. The van der Waals surface area contributed by atoms with Gasteiger partial charge >= 0.3 is 0 Å². The van der Waals surface area contributed by atoms with Crippen LogP contribution in [-0.4, -0.2) is 11.5 Å². The van der Waals surface area contributed by atoms with Crippen LogP contribution in [0.25, 0.3) is 0 Å². The second kappa shape index (κ2) is 4.08. The van der Waals surface area contributed by atoms with Crippen LogP contribution in [0.3, 0.4) is 0 Å². The first kappa shape index (κ1) is 9.64. The Morgan fingerprint density at radius 3 is 2.62 bits per heavy atom. The van der Waals surface area contributed by atoms with Gasteiger partial charge in [-0.1, -0.05) is 31.4 Å². The van der Waals surface area contributed by atoms with Gasteiger partial charge in [-0.3, -0.25) is 0 Å². The van der Waals surface area contributed by atoms with Gasteiger partial charge in [-0.05, 0) is 37.4 Å². The minimum Gasteiger partial charge on any atom is -0.157 e. The Kier molecular flexibility index (Phi) is 3.02. The monoisotopic (exact) mass is 196 g/mol. The molecule has 0 aliphatic heterocycles. The first-order valence-electron chi connectivity index (χ1n) is 5.57. The highest BCUT2D eigenvalue weighted by Crippen LogP contribution is 2.49. The van der Waals surface area contributed by atoms with E-state index in [1.807, 2.05) is 0 Å². The van der Waals surface area contributed by atoms with Crippen molar-refractivity contribution in [3.05, 3.63) is 12.2 Å². The Balaban J connectivity index is 2.12. The summed E-state index contributed by atoms with van der Waals surface area (Å²) in [5.74, 6) is 0. The van der Waals surface area contributed by atoms with E-state index in [-0.39, 0.29) is 0 Å². The summed E-state index contributed by atoms with van der Waals surface area (Å²) >= 11 is 2.06. The molecule has 2 aliphatic carbocycles. The number of hydrogen-bond donors (Lipinski definition) is 0. The zero-order valence-electron chi connectivity index (χ0n) is 8.59. The summed E-state index contributed by atoms with van der Waals surface area (Å²) in [7, 11) is 0. The molecule has 0 radical (unpaired) electrons. The molecular formula is C12H20S. The summed E-state index contributed by atoms with van der Waals surface area (Å²) in [6.45, 7) is 0. The minimum atomic E-state index is 0.701. The fraction of sp³-hybridized carbons (Fsp3) is 0.833. The van der Waals surface area contributed by atoms with Crippen molar-refractivity contribution in [1.29, 1.82) is 0 Å². The Hall–Kier alpha value is 0.0900. The van der Waals surface area contributed by atoms with Gasteiger partial charge in [0.05, 0.1) is 0 Å². The van der Waals surface area contributed by atoms with Crippen LogP contribution in [0, 0.1) is 5.41 Å². The third-order valence-electron chi connectivity index (χ3n) is 3.83. The van der Waals surface area contributed by atoms with Crippen molar-refractivity contribution in [2.45, 2.75) is 50.2 Å². The van der Waals surface area contributed by atoms with Crippen molar-refractivity contribution in [3.63, 3.8) is 0 Å². The lowest BCUT2D eigenvalue weighted by atomic mass is 9.67. The molecule has 0 heterocycles. The average molecular weight is 196 g/mol. The lowest BCUT2D eigenvalue weighted by Gasteiger charge is -2.44. The number of hydrogen-bond acceptors (Lipinski definition) is 1. The maximum atomic E-state index is 2.47. The van der Waals surface area contributed by atoms with Gasteiger partial charge in [-0.15, -0.1) is 0 Å². The van der Waals surface area contributed by atoms with Gasteiger partial charge in [-0.2, -0.15) is 11.8 Å². The number of allylic oxidation sites excluding steroid dienone is 1. The molecule has 2 aliphatic rings. The third-order valence-corrected chi connectivity index (χ3v) is 4.99. The van der Waals surface area contributed by atoms with Gasteiger partial charge < -0.3 is 0 Å². The van der Waals surface area contributed by atoms with Crippen molar-refractivity contribution in [3.8, 4) is 0 Å². The smallest absolute Gasteiger partial charge is 0.0280 e. The van der Waals surface area contributed by atoms with Crippen LogP contribution in [0.1, 0.15) is 44.9 Å². The normalized spacial score (nSPS) is 32.2. The third kappa shape index (κ3) is 1.81. The second-order valence-electron chi connectivity index (χ2n) is 4.55. The highest BCUT2D eigenvalue weighted by Gasteiger charge is 2.38. The first-order chi connectivity index (χ1) is 6.37. The lowest BCUT2D eigenvalue weighted by Crippen LogP contribution is -2.35. The maximum absolute atomic E-state index is 2.47. The molecule has 74 valence electrons. The molecule has 1 unspecified atom stereocenters. The molecule has 0 aromatic rings. The van der Waals surface area contributed by atoms with Crippen molar-refractivity contribution in [1.82, 2.24) is 0 Å². The molecule has 0 saturated heterocycles. The molecule has 1 atom stereocenters. The van der Waals surface area contributed by atoms with Gasteiger partial charge in [0.2, 0.25) is 0 Å². The highest BCUT2D eigenvalue weighted by atomic mass is 32.2. The van der Waals surface area contributed by atoms with Crippen molar-refractivity contribution in [2.75, 3.05) is 6.26 Å². The topological polar surface area (TPSA) is 0 Å². The second-order valence-corrected chi connectivity index (χ2v) is 5.53. The molecule has 13 heavy (non-hydrogen) atoms. The van der Waals surface area contributed by atoms with Gasteiger partial charge in [-0.25, -0.2) is 0 Å². The summed E-state index contributed by atoms with van der Waals surface area (Å²) < 4.78 is 0. The Morgan fingerprint density at radius 1 is 1.15 bits per heavy atom. The van der Waals surface area contributed by atoms with E-state index < -0.39 is 0 Å². The minimum absolute atomic E-state index is 0.701. The standard InChI is InChI=1S/C12H20S/c1-13-11-7-3-6-10-12(11)8-4-2-5-9-12/h3,7,11H,2,4-6,8-10H2,1H3. The van der Waals surface area contributed by atoms with Crippen molar-refractivity contribution < 1.29 is 0 Å². The zero-order valence-corrected chi connectivity index (χ0v) is 9.41. The van der Waals surface area contributed by atoms with Crippen LogP contribution in [0.5, 0.6) is 0 Å². The van der Waals surface area contributed by atoms with Crippen LogP contribution in [0.15, 0.2) is 12.2 Å². The quantitative estimate of drug-likeness (QED) is 0.571. The summed E-state index contributed by atoms with van der Waals surface area (Å²) in [6.07, 6.45) is 17.3. The highest BCUT2D eigenvalue weighted by molar-refractivity contribution is 7.99.